The van der Waals surface area contributed by atoms with Gasteiger partial charge >= 0.3 is 0 Å². The number of halogens is 2. The van der Waals surface area contributed by atoms with Gasteiger partial charge in [0.2, 0.25) is 0 Å². The van der Waals surface area contributed by atoms with Crippen LogP contribution in [0.5, 0.6) is 0 Å². The fourth-order valence-electron chi connectivity index (χ4n) is 1.63. The van der Waals surface area contributed by atoms with Crippen molar-refractivity contribution < 1.29 is 4.92 Å². The molecule has 0 atom stereocenters. The molecule has 0 N–H and O–H groups in total. The molecule has 0 aliphatic carbocycles. The number of nitro groups is 1. The van der Waals surface area contributed by atoms with Gasteiger partial charge in [-0.25, -0.2) is 9.97 Å². The summed E-state index contributed by atoms with van der Waals surface area (Å²) < 4.78 is 0. The molecule has 0 spiro atoms. The number of thioether (sulfide) groups is 1. The minimum absolute atomic E-state index is 0.000977. The zero-order chi connectivity index (χ0) is 15.6. The van der Waals surface area contributed by atoms with E-state index in [0.29, 0.717) is 15.9 Å². The number of nitro benzene ring substituents is 1. The lowest BCUT2D eigenvalue weighted by molar-refractivity contribution is -0.387. The Morgan fingerprint density at radius 3 is 2.33 bits per heavy atom. The SMILES string of the molecule is CN(C)CCSc1cc2nc(Cl)c(Cl)nc2cc1[N+](=O)[O-]. The smallest absolute Gasteiger partial charge is 0.285 e. The van der Waals surface area contributed by atoms with Gasteiger partial charge in [-0.1, -0.05) is 23.2 Å². The van der Waals surface area contributed by atoms with Gasteiger partial charge in [0.25, 0.3) is 5.69 Å². The zero-order valence-electron chi connectivity index (χ0n) is 11.3. The predicted octanol–water partition coefficient (Wildman–Crippen LogP) is 3.50. The van der Waals surface area contributed by atoms with Crippen molar-refractivity contribution in [3.05, 3.63) is 32.6 Å². The van der Waals surface area contributed by atoms with Gasteiger partial charge in [-0.05, 0) is 20.2 Å². The third-order valence-electron chi connectivity index (χ3n) is 2.66. The first-order valence-electron chi connectivity index (χ1n) is 5.97. The molecule has 0 fully saturated rings. The van der Waals surface area contributed by atoms with Crippen molar-refractivity contribution in [2.75, 3.05) is 26.4 Å². The third-order valence-corrected chi connectivity index (χ3v) is 4.30. The van der Waals surface area contributed by atoms with Crippen molar-refractivity contribution in [1.29, 1.82) is 0 Å². The summed E-state index contributed by atoms with van der Waals surface area (Å²) in [6.45, 7) is 0.812. The summed E-state index contributed by atoms with van der Waals surface area (Å²) in [6, 6.07) is 3.01. The molecule has 1 heterocycles. The summed E-state index contributed by atoms with van der Waals surface area (Å²) >= 11 is 13.0. The summed E-state index contributed by atoms with van der Waals surface area (Å²) in [5.74, 6) is 0.730. The molecule has 0 saturated heterocycles. The Bertz CT molecular complexity index is 697. The molecule has 0 aliphatic rings. The molecule has 112 valence electrons. The number of aromatic nitrogens is 2. The molecule has 6 nitrogen and oxygen atoms in total. The first kappa shape index (κ1) is 16.2. The minimum Gasteiger partial charge on any atom is -0.309 e. The van der Waals surface area contributed by atoms with Crippen LogP contribution in [-0.2, 0) is 0 Å². The van der Waals surface area contributed by atoms with Crippen LogP contribution in [0.25, 0.3) is 11.0 Å². The summed E-state index contributed by atoms with van der Waals surface area (Å²) in [5.41, 5.74) is 0.842. The molecule has 0 aliphatic heterocycles. The summed E-state index contributed by atoms with van der Waals surface area (Å²) in [7, 11) is 3.89. The van der Waals surface area contributed by atoms with Crippen molar-refractivity contribution in [3.63, 3.8) is 0 Å². The van der Waals surface area contributed by atoms with Crippen LogP contribution < -0.4 is 0 Å². The molecule has 1 aromatic heterocycles. The molecule has 0 unspecified atom stereocenters. The number of hydrogen-bond donors (Lipinski definition) is 0. The maximum Gasteiger partial charge on any atom is 0.285 e. The van der Waals surface area contributed by atoms with Crippen LogP contribution in [-0.4, -0.2) is 46.2 Å². The Kier molecular flexibility index (Phi) is 5.21. The molecule has 0 bridgehead atoms. The number of rotatable bonds is 5. The quantitative estimate of drug-likeness (QED) is 0.468. The predicted molar refractivity (Wildman–Crippen MR) is 85.5 cm³/mol. The average molecular weight is 347 g/mol. The number of hydrogen-bond acceptors (Lipinski definition) is 6. The average Bonchev–Trinajstić information content (AvgIpc) is 2.39. The van der Waals surface area contributed by atoms with Crippen LogP contribution >= 0.6 is 35.0 Å². The topological polar surface area (TPSA) is 72.2 Å². The second kappa shape index (κ2) is 6.74. The van der Waals surface area contributed by atoms with Crippen molar-refractivity contribution in [1.82, 2.24) is 14.9 Å². The van der Waals surface area contributed by atoms with E-state index in [-0.39, 0.29) is 16.0 Å². The summed E-state index contributed by atoms with van der Waals surface area (Å²) in [4.78, 5) is 21.4. The van der Waals surface area contributed by atoms with Gasteiger partial charge in [-0.15, -0.1) is 11.8 Å². The maximum atomic E-state index is 11.2. The first-order valence-corrected chi connectivity index (χ1v) is 7.71. The summed E-state index contributed by atoms with van der Waals surface area (Å²) in [6.07, 6.45) is 0. The molecular formula is C12H12Cl2N4O2S. The number of fused-ring (bicyclic) bond motifs is 1. The molecule has 0 saturated carbocycles. The van der Waals surface area contributed by atoms with Crippen molar-refractivity contribution in [2.24, 2.45) is 0 Å². The second-order valence-electron chi connectivity index (χ2n) is 4.52. The van der Waals surface area contributed by atoms with Crippen LogP contribution in [0.1, 0.15) is 0 Å². The largest absolute Gasteiger partial charge is 0.309 e. The number of nitrogens with zero attached hydrogens (tertiary/aromatic N) is 4. The fourth-order valence-corrected chi connectivity index (χ4v) is 3.05. The Balaban J connectivity index is 2.44. The van der Waals surface area contributed by atoms with E-state index in [9.17, 15) is 10.1 Å². The van der Waals surface area contributed by atoms with E-state index < -0.39 is 4.92 Å². The van der Waals surface area contributed by atoms with E-state index in [1.807, 2.05) is 19.0 Å². The van der Waals surface area contributed by atoms with Gasteiger partial charge in [0.1, 0.15) is 0 Å². The van der Waals surface area contributed by atoms with Gasteiger partial charge in [0, 0.05) is 18.4 Å². The molecule has 0 amide bonds. The lowest BCUT2D eigenvalue weighted by Gasteiger charge is -2.09. The molecular weight excluding hydrogens is 335 g/mol. The normalized spacial score (nSPS) is 11.3. The van der Waals surface area contributed by atoms with Gasteiger partial charge in [-0.3, -0.25) is 10.1 Å². The Morgan fingerprint density at radius 2 is 1.81 bits per heavy atom. The lowest BCUT2D eigenvalue weighted by atomic mass is 10.2. The van der Waals surface area contributed by atoms with Gasteiger partial charge in [0.05, 0.1) is 20.9 Å². The van der Waals surface area contributed by atoms with Gasteiger partial charge < -0.3 is 4.90 Å². The molecule has 0 radical (unpaired) electrons. The first-order chi connectivity index (χ1) is 9.88. The summed E-state index contributed by atoms with van der Waals surface area (Å²) in [5, 5.41) is 11.3. The molecule has 2 rings (SSSR count). The molecule has 21 heavy (non-hydrogen) atoms. The van der Waals surface area contributed by atoms with E-state index >= 15 is 0 Å². The van der Waals surface area contributed by atoms with Crippen LogP contribution in [0.15, 0.2) is 17.0 Å². The Labute approximate surface area is 135 Å². The fraction of sp³-hybridized carbons (Fsp3) is 0.333. The zero-order valence-corrected chi connectivity index (χ0v) is 13.7. The van der Waals surface area contributed by atoms with Gasteiger partial charge in [-0.2, -0.15) is 0 Å². The molecule has 2 aromatic rings. The van der Waals surface area contributed by atoms with E-state index in [1.165, 1.54) is 17.8 Å². The van der Waals surface area contributed by atoms with Crippen LogP contribution in [0.3, 0.4) is 0 Å². The van der Waals surface area contributed by atoms with Crippen molar-refractivity contribution in [3.8, 4) is 0 Å². The highest BCUT2D eigenvalue weighted by Gasteiger charge is 2.18. The standard InChI is InChI=1S/C12H12Cl2N4O2S/c1-17(2)3-4-21-10-6-8-7(5-9(10)18(19)20)15-11(13)12(14)16-8/h5-6H,3-4H2,1-2H3. The Hall–Kier alpha value is -1.15. The highest BCUT2D eigenvalue weighted by atomic mass is 35.5. The lowest BCUT2D eigenvalue weighted by Crippen LogP contribution is -2.14. The second-order valence-corrected chi connectivity index (χ2v) is 6.38. The van der Waals surface area contributed by atoms with Crippen molar-refractivity contribution in [2.45, 2.75) is 4.90 Å². The van der Waals surface area contributed by atoms with Crippen LogP contribution in [0.4, 0.5) is 5.69 Å². The highest BCUT2D eigenvalue weighted by Crippen LogP contribution is 2.33. The Morgan fingerprint density at radius 1 is 1.24 bits per heavy atom. The maximum absolute atomic E-state index is 11.2. The minimum atomic E-state index is -0.429. The third kappa shape index (κ3) is 3.94. The monoisotopic (exact) mass is 346 g/mol. The van der Waals surface area contributed by atoms with Crippen LogP contribution in [0, 0.1) is 10.1 Å². The van der Waals surface area contributed by atoms with E-state index in [4.69, 9.17) is 23.2 Å². The highest BCUT2D eigenvalue weighted by molar-refractivity contribution is 7.99. The van der Waals surface area contributed by atoms with E-state index in [2.05, 4.69) is 9.97 Å². The van der Waals surface area contributed by atoms with Crippen molar-refractivity contribution >= 4 is 51.7 Å². The van der Waals surface area contributed by atoms with E-state index in [1.54, 1.807) is 6.07 Å². The van der Waals surface area contributed by atoms with E-state index in [0.717, 1.165) is 12.3 Å². The number of benzene rings is 1. The molecule has 1 aromatic carbocycles. The van der Waals surface area contributed by atoms with Crippen LogP contribution in [0.2, 0.25) is 10.3 Å². The molecule has 9 heteroatoms. The van der Waals surface area contributed by atoms with Gasteiger partial charge in [0.15, 0.2) is 10.3 Å².